The molecule has 3 heterocycles. The molecule has 2 aromatic heterocycles. The summed E-state index contributed by atoms with van der Waals surface area (Å²) in [5.74, 6) is 0. The minimum absolute atomic E-state index is 0.278. The van der Waals surface area contributed by atoms with E-state index in [0.29, 0.717) is 16.7 Å². The molecule has 1 aliphatic rings. The van der Waals surface area contributed by atoms with E-state index < -0.39 is 58.0 Å². The van der Waals surface area contributed by atoms with Crippen molar-refractivity contribution >= 4 is 26.6 Å². The lowest BCUT2D eigenvalue weighted by molar-refractivity contribution is -0.0547. The number of phosphoric acid groups is 2. The third-order valence-corrected chi connectivity index (χ3v) is 7.48. The van der Waals surface area contributed by atoms with E-state index in [1.165, 1.54) is 0 Å². The summed E-state index contributed by atoms with van der Waals surface area (Å²) in [7, 11) is -10.6. The number of phosphoric ester groups is 1. The minimum Gasteiger partial charge on any atom is -0.387 e. The maximum Gasteiger partial charge on any atom is 0.481 e. The molecule has 36 heavy (non-hydrogen) atoms. The Balaban J connectivity index is 1.57. The van der Waals surface area contributed by atoms with Crippen molar-refractivity contribution in [3.63, 3.8) is 0 Å². The summed E-state index contributed by atoms with van der Waals surface area (Å²) in [5, 5.41) is 25.2. The van der Waals surface area contributed by atoms with Crippen LogP contribution < -0.4 is 11.2 Å². The zero-order valence-electron chi connectivity index (χ0n) is 18.3. The maximum absolute atomic E-state index is 13.1. The Labute approximate surface area is 200 Å². The van der Waals surface area contributed by atoms with Gasteiger partial charge in [-0.2, -0.15) is 4.31 Å². The molecule has 16 nitrogen and oxygen atoms in total. The van der Waals surface area contributed by atoms with E-state index in [1.54, 1.807) is 18.2 Å². The van der Waals surface area contributed by atoms with E-state index in [0.717, 1.165) is 27.0 Å². The summed E-state index contributed by atoms with van der Waals surface area (Å²) in [6, 6.07) is 6.29. The average Bonchev–Trinajstić information content (AvgIpc) is 3.29. The van der Waals surface area contributed by atoms with E-state index in [1.807, 2.05) is 6.92 Å². The van der Waals surface area contributed by atoms with Crippen LogP contribution in [-0.2, 0) is 29.2 Å². The van der Waals surface area contributed by atoms with Crippen molar-refractivity contribution in [2.45, 2.75) is 38.0 Å². The number of ether oxygens (including phenoxy) is 1. The van der Waals surface area contributed by atoms with Gasteiger partial charge in [-0.05, 0) is 19.1 Å². The van der Waals surface area contributed by atoms with Crippen LogP contribution in [0.25, 0.3) is 11.0 Å². The molecule has 3 aromatic rings. The van der Waals surface area contributed by atoms with Gasteiger partial charge in [-0.25, -0.2) is 13.9 Å². The first-order chi connectivity index (χ1) is 16.8. The highest BCUT2D eigenvalue weighted by atomic mass is 31.3. The second-order valence-electron chi connectivity index (χ2n) is 7.94. The molecule has 0 amide bonds. The Hall–Kier alpha value is -2.49. The highest BCUT2D eigenvalue weighted by Crippen LogP contribution is 2.57. The van der Waals surface area contributed by atoms with Gasteiger partial charge in [-0.3, -0.25) is 18.5 Å². The molecule has 3 unspecified atom stereocenters. The minimum atomic E-state index is -5.38. The van der Waals surface area contributed by atoms with E-state index in [2.05, 4.69) is 14.0 Å². The summed E-state index contributed by atoms with van der Waals surface area (Å²) in [5.41, 5.74) is 0.0246. The number of nitrogens with zero attached hydrogens (tertiary/aromatic N) is 3. The SMILES string of the molecule is Cc1ccc2onc(Cn3c(=O)ccn([C@@H]4O[C@H](COP(=O)(O)OP(=O)(O)O)C(O)C4O)c3=O)c2c1. The van der Waals surface area contributed by atoms with E-state index >= 15 is 0 Å². The normalized spacial score (nSPS) is 24.3. The van der Waals surface area contributed by atoms with Gasteiger partial charge in [0.25, 0.3) is 5.56 Å². The van der Waals surface area contributed by atoms with Crippen molar-refractivity contribution in [1.82, 2.24) is 14.3 Å². The van der Waals surface area contributed by atoms with Crippen molar-refractivity contribution < 1.29 is 52.1 Å². The third kappa shape index (κ3) is 5.58. The van der Waals surface area contributed by atoms with Crippen LogP contribution in [0, 0.1) is 6.92 Å². The van der Waals surface area contributed by atoms with E-state index in [4.69, 9.17) is 19.0 Å². The summed E-state index contributed by atoms with van der Waals surface area (Å²) in [4.78, 5) is 52.3. The fourth-order valence-corrected chi connectivity index (χ4v) is 5.26. The van der Waals surface area contributed by atoms with Crippen LogP contribution in [0.1, 0.15) is 17.5 Å². The Morgan fingerprint density at radius 1 is 1.11 bits per heavy atom. The number of rotatable bonds is 8. The van der Waals surface area contributed by atoms with Gasteiger partial charge in [0.2, 0.25) is 0 Å². The highest BCUT2D eigenvalue weighted by molar-refractivity contribution is 7.60. The lowest BCUT2D eigenvalue weighted by Gasteiger charge is -2.19. The smallest absolute Gasteiger partial charge is 0.387 e. The molecule has 1 saturated heterocycles. The van der Waals surface area contributed by atoms with Crippen LogP contribution >= 0.6 is 15.6 Å². The van der Waals surface area contributed by atoms with Gasteiger partial charge in [0.05, 0.1) is 13.2 Å². The van der Waals surface area contributed by atoms with E-state index in [9.17, 15) is 33.8 Å². The van der Waals surface area contributed by atoms with Gasteiger partial charge in [-0.15, -0.1) is 0 Å². The molecular formula is C18H21N3O13P2. The monoisotopic (exact) mass is 549 g/mol. The summed E-state index contributed by atoms with van der Waals surface area (Å²) >= 11 is 0. The van der Waals surface area contributed by atoms with Crippen LogP contribution in [0.5, 0.6) is 0 Å². The van der Waals surface area contributed by atoms with Crippen LogP contribution in [0.3, 0.4) is 0 Å². The number of aromatic nitrogens is 3. The van der Waals surface area contributed by atoms with Crippen LogP contribution in [-0.4, -0.2) is 64.1 Å². The molecule has 196 valence electrons. The van der Waals surface area contributed by atoms with E-state index in [-0.39, 0.29) is 6.54 Å². The molecule has 1 fully saturated rings. The van der Waals surface area contributed by atoms with Gasteiger partial charge in [0, 0.05) is 17.6 Å². The zero-order chi connectivity index (χ0) is 26.4. The molecule has 5 N–H and O–H groups in total. The Kier molecular flexibility index (Phi) is 7.20. The van der Waals surface area contributed by atoms with Crippen molar-refractivity contribution in [3.8, 4) is 0 Å². The number of aliphatic hydroxyl groups is 2. The van der Waals surface area contributed by atoms with Gasteiger partial charge in [0.1, 0.15) is 24.0 Å². The lowest BCUT2D eigenvalue weighted by atomic mass is 10.1. The molecular weight excluding hydrogens is 528 g/mol. The quantitative estimate of drug-likeness (QED) is 0.220. The summed E-state index contributed by atoms with van der Waals surface area (Å²) in [6.07, 6.45) is -5.53. The average molecular weight is 549 g/mol. The highest BCUT2D eigenvalue weighted by Gasteiger charge is 2.46. The second-order valence-corrected chi connectivity index (χ2v) is 10.8. The van der Waals surface area contributed by atoms with Crippen molar-refractivity contribution in [2.75, 3.05) is 6.61 Å². The molecule has 1 aliphatic heterocycles. The van der Waals surface area contributed by atoms with Crippen LogP contribution in [0.15, 0.2) is 44.6 Å². The molecule has 4 rings (SSSR count). The number of benzene rings is 1. The number of hydrogen-bond acceptors (Lipinski definition) is 11. The largest absolute Gasteiger partial charge is 0.481 e. The molecule has 0 bridgehead atoms. The van der Waals surface area contributed by atoms with Crippen LogP contribution in [0.2, 0.25) is 0 Å². The third-order valence-electron chi connectivity index (χ3n) is 5.33. The predicted octanol–water partition coefficient (Wildman–Crippen LogP) is -0.647. The molecule has 0 spiro atoms. The molecule has 0 radical (unpaired) electrons. The first-order valence-corrected chi connectivity index (χ1v) is 13.2. The summed E-state index contributed by atoms with van der Waals surface area (Å²) in [6.45, 7) is 0.623. The number of aryl methyl sites for hydroxylation is 1. The first kappa shape index (κ1) is 26.6. The predicted molar refractivity (Wildman–Crippen MR) is 118 cm³/mol. The van der Waals surface area contributed by atoms with Gasteiger partial charge < -0.3 is 34.2 Å². The molecule has 1 aromatic carbocycles. The maximum atomic E-state index is 13.1. The second kappa shape index (κ2) is 9.76. The molecule has 18 heteroatoms. The van der Waals surface area contributed by atoms with Crippen molar-refractivity contribution in [3.05, 3.63) is 62.6 Å². The number of fused-ring (bicyclic) bond motifs is 1. The fourth-order valence-electron chi connectivity index (χ4n) is 3.66. The molecule has 0 saturated carbocycles. The number of hydrogen-bond donors (Lipinski definition) is 5. The lowest BCUT2D eigenvalue weighted by Crippen LogP contribution is -2.43. The van der Waals surface area contributed by atoms with Gasteiger partial charge in [-0.1, -0.05) is 16.8 Å². The first-order valence-electron chi connectivity index (χ1n) is 10.2. The Morgan fingerprint density at radius 2 is 1.83 bits per heavy atom. The molecule has 5 atom stereocenters. The van der Waals surface area contributed by atoms with Crippen molar-refractivity contribution in [2.24, 2.45) is 0 Å². The molecule has 0 aliphatic carbocycles. The van der Waals surface area contributed by atoms with Gasteiger partial charge >= 0.3 is 21.3 Å². The van der Waals surface area contributed by atoms with Crippen molar-refractivity contribution in [1.29, 1.82) is 0 Å². The zero-order valence-corrected chi connectivity index (χ0v) is 20.1. The fraction of sp³-hybridized carbons (Fsp3) is 0.389. The van der Waals surface area contributed by atoms with Crippen LogP contribution in [0.4, 0.5) is 0 Å². The standard InChI is InChI=1S/C18H21N3O13P2/c1-9-2-3-12-10(6-9)11(19-33-12)7-21-14(22)4-5-20(18(21)25)17-16(24)15(23)13(32-17)8-31-36(29,30)34-35(26,27)28/h2-6,13,15-17,23-24H,7-8H2,1H3,(H,29,30)(H2,26,27,28)/t13-,15?,16?,17-/m1/s1. The summed E-state index contributed by atoms with van der Waals surface area (Å²) < 4.78 is 42.7. The Bertz CT molecular complexity index is 1490. The topological polar surface area (TPSA) is 233 Å². The Morgan fingerprint density at radius 3 is 2.53 bits per heavy atom. The van der Waals surface area contributed by atoms with Gasteiger partial charge in [0.15, 0.2) is 11.8 Å². The number of aliphatic hydroxyl groups excluding tert-OH is 2.